The predicted octanol–water partition coefficient (Wildman–Crippen LogP) is 4.42. The number of fused-ring (bicyclic) bond motifs is 1. The number of aliphatic imine (C=N–C) groups is 1. The van der Waals surface area contributed by atoms with E-state index < -0.39 is 18.1 Å². The van der Waals surface area contributed by atoms with E-state index in [0.717, 1.165) is 4.47 Å². The molecule has 5 nitrogen and oxygen atoms in total. The second-order valence-corrected chi connectivity index (χ2v) is 7.40. The Morgan fingerprint density at radius 1 is 1.23 bits per heavy atom. The molecule has 0 saturated carbocycles. The smallest absolute Gasteiger partial charge is 0.310 e. The van der Waals surface area contributed by atoms with Gasteiger partial charge in [0.05, 0.1) is 17.3 Å². The van der Waals surface area contributed by atoms with Crippen molar-refractivity contribution in [1.82, 2.24) is 0 Å². The van der Waals surface area contributed by atoms with Gasteiger partial charge in [-0.1, -0.05) is 59.6 Å². The lowest BCUT2D eigenvalue weighted by molar-refractivity contribution is -0.156. The summed E-state index contributed by atoms with van der Waals surface area (Å²) in [7, 11) is 0. The maximum Gasteiger partial charge on any atom is 0.310 e. The number of esters is 1. The van der Waals surface area contributed by atoms with E-state index in [1.807, 2.05) is 30.3 Å². The van der Waals surface area contributed by atoms with Crippen LogP contribution in [-0.2, 0) is 14.3 Å². The summed E-state index contributed by atoms with van der Waals surface area (Å²) in [5, 5.41) is 3.26. The SMILES string of the molecule is CC(C)C(=O)O[C@@H]1N=C(c2ccccc2Cl)c2cc(Br)ccc2NC1=O. The molecule has 0 aliphatic carbocycles. The number of amides is 1. The molecular weight excluding hydrogens is 420 g/mol. The average Bonchev–Trinajstić information content (AvgIpc) is 2.72. The summed E-state index contributed by atoms with van der Waals surface area (Å²) in [5.74, 6) is -1.38. The molecule has 0 unspecified atom stereocenters. The number of anilines is 1. The van der Waals surface area contributed by atoms with Gasteiger partial charge in [0.15, 0.2) is 0 Å². The fourth-order valence-electron chi connectivity index (χ4n) is 2.46. The van der Waals surface area contributed by atoms with Crippen LogP contribution in [0.1, 0.15) is 25.0 Å². The molecule has 0 saturated heterocycles. The van der Waals surface area contributed by atoms with E-state index >= 15 is 0 Å². The number of carbonyl (C=O) groups is 2. The van der Waals surface area contributed by atoms with Gasteiger partial charge in [-0.25, -0.2) is 4.99 Å². The molecule has 1 aliphatic rings. The van der Waals surface area contributed by atoms with Gasteiger partial charge in [0.2, 0.25) is 0 Å². The van der Waals surface area contributed by atoms with E-state index in [1.54, 1.807) is 26.0 Å². The van der Waals surface area contributed by atoms with Crippen molar-refractivity contribution in [3.8, 4) is 0 Å². The molecule has 1 aliphatic heterocycles. The van der Waals surface area contributed by atoms with Gasteiger partial charge in [0.25, 0.3) is 12.1 Å². The lowest BCUT2D eigenvalue weighted by Crippen LogP contribution is -2.31. The van der Waals surface area contributed by atoms with Crippen LogP contribution in [0.15, 0.2) is 51.9 Å². The van der Waals surface area contributed by atoms with Crippen LogP contribution in [0.2, 0.25) is 5.02 Å². The second kappa shape index (κ2) is 7.60. The van der Waals surface area contributed by atoms with Crippen LogP contribution in [0, 0.1) is 5.92 Å². The highest BCUT2D eigenvalue weighted by Crippen LogP contribution is 2.30. The monoisotopic (exact) mass is 434 g/mol. The van der Waals surface area contributed by atoms with Crippen LogP contribution >= 0.6 is 27.5 Å². The first kappa shape index (κ1) is 18.6. The summed E-state index contributed by atoms with van der Waals surface area (Å²) < 4.78 is 6.13. The zero-order valence-electron chi connectivity index (χ0n) is 14.1. The summed E-state index contributed by atoms with van der Waals surface area (Å²) in [6, 6.07) is 12.6. The van der Waals surface area contributed by atoms with Crippen molar-refractivity contribution >= 4 is 50.8 Å². The number of hydrogen-bond acceptors (Lipinski definition) is 4. The van der Waals surface area contributed by atoms with Crippen LogP contribution in [0.4, 0.5) is 5.69 Å². The predicted molar refractivity (Wildman–Crippen MR) is 105 cm³/mol. The number of nitrogens with one attached hydrogen (secondary N) is 1. The number of ether oxygens (including phenoxy) is 1. The molecule has 1 heterocycles. The zero-order chi connectivity index (χ0) is 18.8. The van der Waals surface area contributed by atoms with Crippen molar-refractivity contribution in [2.45, 2.75) is 20.1 Å². The molecule has 26 heavy (non-hydrogen) atoms. The highest BCUT2D eigenvalue weighted by molar-refractivity contribution is 9.10. The highest BCUT2D eigenvalue weighted by atomic mass is 79.9. The first-order valence-corrected chi connectivity index (χ1v) is 9.18. The molecule has 0 radical (unpaired) electrons. The van der Waals surface area contributed by atoms with Crippen molar-refractivity contribution in [3.05, 3.63) is 63.1 Å². The fourth-order valence-corrected chi connectivity index (χ4v) is 3.04. The minimum Gasteiger partial charge on any atom is -0.430 e. The number of nitrogens with zero attached hydrogens (tertiary/aromatic N) is 1. The van der Waals surface area contributed by atoms with Gasteiger partial charge in [0.1, 0.15) is 0 Å². The molecule has 0 spiro atoms. The molecule has 7 heteroatoms. The van der Waals surface area contributed by atoms with Crippen molar-refractivity contribution in [2.24, 2.45) is 10.9 Å². The Morgan fingerprint density at radius 3 is 2.65 bits per heavy atom. The first-order chi connectivity index (χ1) is 12.4. The molecule has 0 aromatic heterocycles. The van der Waals surface area contributed by atoms with Crippen LogP contribution in [-0.4, -0.2) is 23.8 Å². The Hall–Kier alpha value is -2.18. The van der Waals surface area contributed by atoms with E-state index in [-0.39, 0.29) is 5.92 Å². The van der Waals surface area contributed by atoms with Gasteiger partial charge in [-0.05, 0) is 24.3 Å². The lowest BCUT2D eigenvalue weighted by atomic mass is 10.0. The van der Waals surface area contributed by atoms with E-state index in [0.29, 0.717) is 27.5 Å². The summed E-state index contributed by atoms with van der Waals surface area (Å²) >= 11 is 9.79. The van der Waals surface area contributed by atoms with E-state index in [4.69, 9.17) is 16.3 Å². The summed E-state index contributed by atoms with van der Waals surface area (Å²) in [4.78, 5) is 29.0. The van der Waals surface area contributed by atoms with E-state index in [9.17, 15) is 9.59 Å². The molecule has 3 rings (SSSR count). The molecule has 1 N–H and O–H groups in total. The van der Waals surface area contributed by atoms with Crippen LogP contribution in [0.25, 0.3) is 0 Å². The fraction of sp³-hybridized carbons (Fsp3) is 0.211. The maximum absolute atomic E-state index is 12.5. The third-order valence-electron chi connectivity index (χ3n) is 3.79. The van der Waals surface area contributed by atoms with Crippen LogP contribution in [0.3, 0.4) is 0 Å². The van der Waals surface area contributed by atoms with Crippen molar-refractivity contribution in [2.75, 3.05) is 5.32 Å². The van der Waals surface area contributed by atoms with E-state index in [1.165, 1.54) is 0 Å². The van der Waals surface area contributed by atoms with Gasteiger partial charge < -0.3 is 10.1 Å². The van der Waals surface area contributed by atoms with E-state index in [2.05, 4.69) is 26.2 Å². The normalized spacial score (nSPS) is 16.4. The van der Waals surface area contributed by atoms with Crippen molar-refractivity contribution in [3.63, 3.8) is 0 Å². The third-order valence-corrected chi connectivity index (χ3v) is 4.62. The molecule has 134 valence electrons. The Labute approximate surface area is 164 Å². The van der Waals surface area contributed by atoms with Gasteiger partial charge in [0, 0.05) is 20.6 Å². The van der Waals surface area contributed by atoms with Crippen molar-refractivity contribution < 1.29 is 14.3 Å². The quantitative estimate of drug-likeness (QED) is 0.726. The Bertz CT molecular complexity index is 911. The largest absolute Gasteiger partial charge is 0.430 e. The number of carbonyl (C=O) groups excluding carboxylic acids is 2. The molecule has 0 fully saturated rings. The minimum atomic E-state index is -1.29. The number of rotatable bonds is 3. The third kappa shape index (κ3) is 3.81. The minimum absolute atomic E-state index is 0.374. The summed E-state index contributed by atoms with van der Waals surface area (Å²) in [5.41, 5.74) is 2.38. The molecular formula is C19H16BrClN2O3. The van der Waals surface area contributed by atoms with Crippen LogP contribution < -0.4 is 5.32 Å². The average molecular weight is 436 g/mol. The Morgan fingerprint density at radius 2 is 1.96 bits per heavy atom. The molecule has 2 aromatic carbocycles. The Kier molecular flexibility index (Phi) is 5.44. The molecule has 1 amide bonds. The topological polar surface area (TPSA) is 67.8 Å². The van der Waals surface area contributed by atoms with Crippen LogP contribution in [0.5, 0.6) is 0 Å². The Balaban J connectivity index is 2.16. The van der Waals surface area contributed by atoms with Crippen molar-refractivity contribution in [1.29, 1.82) is 0 Å². The molecule has 0 bridgehead atoms. The number of halogens is 2. The standard InChI is InChI=1S/C19H16BrClN2O3/c1-10(2)19(25)26-18-17(24)22-15-8-7-11(20)9-13(15)16(23-18)12-5-3-4-6-14(12)21/h3-10,18H,1-2H3,(H,22,24)/t18-/m0/s1. The molecule has 1 atom stereocenters. The second-order valence-electron chi connectivity index (χ2n) is 6.08. The summed E-state index contributed by atoms with van der Waals surface area (Å²) in [6.45, 7) is 3.39. The number of benzene rings is 2. The number of hydrogen-bond donors (Lipinski definition) is 1. The highest BCUT2D eigenvalue weighted by Gasteiger charge is 2.30. The maximum atomic E-state index is 12.5. The van der Waals surface area contributed by atoms with Gasteiger partial charge in [-0.15, -0.1) is 0 Å². The van der Waals surface area contributed by atoms with Gasteiger partial charge in [-0.3, -0.25) is 9.59 Å². The van der Waals surface area contributed by atoms with Gasteiger partial charge >= 0.3 is 5.97 Å². The number of benzodiazepines with no additional fused rings is 1. The summed E-state index contributed by atoms with van der Waals surface area (Å²) in [6.07, 6.45) is -1.29. The molecule has 2 aromatic rings. The first-order valence-electron chi connectivity index (χ1n) is 8.01. The lowest BCUT2D eigenvalue weighted by Gasteiger charge is -2.14. The zero-order valence-corrected chi connectivity index (χ0v) is 16.5. The van der Waals surface area contributed by atoms with Gasteiger partial charge in [-0.2, -0.15) is 0 Å².